The summed E-state index contributed by atoms with van der Waals surface area (Å²) >= 11 is 1.62. The standard InChI is InChI=1S/C13H17N3O2S/c1-8(12-14-4-5-19-12)7-15-10-6-11(17)16(13(10)18)9-2-3-9/h4-5,8-10,15H,2-3,6-7H2,1H3. The predicted molar refractivity (Wildman–Crippen MR) is 71.8 cm³/mol. The second kappa shape index (κ2) is 5.02. The molecule has 1 saturated carbocycles. The van der Waals surface area contributed by atoms with E-state index in [1.165, 1.54) is 4.90 Å². The van der Waals surface area contributed by atoms with Gasteiger partial charge >= 0.3 is 0 Å². The lowest BCUT2D eigenvalue weighted by atomic mass is 10.1. The van der Waals surface area contributed by atoms with Crippen molar-refractivity contribution in [3.8, 4) is 0 Å². The summed E-state index contributed by atoms with van der Waals surface area (Å²) < 4.78 is 0. The van der Waals surface area contributed by atoms with E-state index in [1.54, 1.807) is 17.5 Å². The van der Waals surface area contributed by atoms with Gasteiger partial charge in [-0.15, -0.1) is 11.3 Å². The third kappa shape index (κ3) is 2.55. The first-order valence-corrected chi connectivity index (χ1v) is 7.53. The molecule has 2 atom stereocenters. The third-order valence-corrected chi connectivity index (χ3v) is 4.65. The average Bonchev–Trinajstić information content (AvgIpc) is 2.98. The molecule has 6 heteroatoms. The number of likely N-dealkylation sites (tertiary alicyclic amines) is 1. The molecule has 1 aliphatic carbocycles. The first-order chi connectivity index (χ1) is 9.16. The van der Waals surface area contributed by atoms with Crippen LogP contribution in [0.4, 0.5) is 0 Å². The molecule has 2 unspecified atom stereocenters. The van der Waals surface area contributed by atoms with Gasteiger partial charge in [-0.05, 0) is 12.8 Å². The molecule has 1 saturated heterocycles. The van der Waals surface area contributed by atoms with Crippen LogP contribution in [0.15, 0.2) is 11.6 Å². The van der Waals surface area contributed by atoms with Crippen molar-refractivity contribution in [2.45, 2.75) is 44.2 Å². The molecule has 0 radical (unpaired) electrons. The maximum absolute atomic E-state index is 12.1. The van der Waals surface area contributed by atoms with Gasteiger partial charge in [0, 0.05) is 30.1 Å². The fourth-order valence-corrected chi connectivity index (χ4v) is 3.11. The predicted octanol–water partition coefficient (Wildman–Crippen LogP) is 1.13. The van der Waals surface area contributed by atoms with Crippen LogP contribution in [0.2, 0.25) is 0 Å². The molecule has 1 aliphatic heterocycles. The number of rotatable bonds is 5. The molecule has 0 aromatic carbocycles. The number of thiazole rings is 1. The van der Waals surface area contributed by atoms with Gasteiger partial charge in [0.05, 0.1) is 17.5 Å². The van der Waals surface area contributed by atoms with E-state index in [9.17, 15) is 9.59 Å². The first-order valence-electron chi connectivity index (χ1n) is 6.65. The van der Waals surface area contributed by atoms with Crippen LogP contribution in [0.3, 0.4) is 0 Å². The van der Waals surface area contributed by atoms with Crippen molar-refractivity contribution in [1.29, 1.82) is 0 Å². The molecule has 3 rings (SSSR count). The highest BCUT2D eigenvalue weighted by molar-refractivity contribution is 7.09. The van der Waals surface area contributed by atoms with Crippen molar-refractivity contribution in [3.63, 3.8) is 0 Å². The van der Waals surface area contributed by atoms with Crippen LogP contribution in [0.1, 0.15) is 37.1 Å². The minimum Gasteiger partial charge on any atom is -0.305 e. The van der Waals surface area contributed by atoms with Gasteiger partial charge in [0.2, 0.25) is 11.8 Å². The molecule has 19 heavy (non-hydrogen) atoms. The fraction of sp³-hybridized carbons (Fsp3) is 0.615. The van der Waals surface area contributed by atoms with Crippen molar-refractivity contribution in [2.24, 2.45) is 0 Å². The summed E-state index contributed by atoms with van der Waals surface area (Å²) in [7, 11) is 0. The Balaban J connectivity index is 1.56. The van der Waals surface area contributed by atoms with E-state index in [0.717, 1.165) is 17.8 Å². The third-order valence-electron chi connectivity index (χ3n) is 3.64. The Kier molecular flexibility index (Phi) is 3.36. The van der Waals surface area contributed by atoms with E-state index < -0.39 is 0 Å². The SMILES string of the molecule is CC(CNC1CC(=O)N(C2CC2)C1=O)c1nccs1. The summed E-state index contributed by atoms with van der Waals surface area (Å²) in [5.41, 5.74) is 0. The van der Waals surface area contributed by atoms with Gasteiger partial charge in [0.15, 0.2) is 0 Å². The summed E-state index contributed by atoms with van der Waals surface area (Å²) in [6.07, 6.45) is 4.04. The number of carbonyl (C=O) groups is 2. The molecule has 2 amide bonds. The number of hydrogen-bond acceptors (Lipinski definition) is 5. The number of nitrogens with one attached hydrogen (secondary N) is 1. The van der Waals surface area contributed by atoms with Crippen LogP contribution in [0.5, 0.6) is 0 Å². The zero-order valence-electron chi connectivity index (χ0n) is 10.8. The lowest BCUT2D eigenvalue weighted by Gasteiger charge is -2.16. The molecule has 2 aliphatic rings. The second-order valence-corrected chi connectivity index (χ2v) is 6.20. The van der Waals surface area contributed by atoms with Gasteiger partial charge in [0.1, 0.15) is 0 Å². The van der Waals surface area contributed by atoms with Gasteiger partial charge in [-0.2, -0.15) is 0 Å². The maximum atomic E-state index is 12.1. The van der Waals surface area contributed by atoms with Gasteiger partial charge in [-0.1, -0.05) is 6.92 Å². The van der Waals surface area contributed by atoms with Crippen LogP contribution in [0, 0.1) is 0 Å². The van der Waals surface area contributed by atoms with E-state index in [-0.39, 0.29) is 29.8 Å². The molecule has 2 heterocycles. The monoisotopic (exact) mass is 279 g/mol. The van der Waals surface area contributed by atoms with E-state index in [0.29, 0.717) is 13.0 Å². The molecule has 102 valence electrons. The number of carbonyl (C=O) groups excluding carboxylic acids is 2. The summed E-state index contributed by atoms with van der Waals surface area (Å²) in [6, 6.07) is -0.154. The Morgan fingerprint density at radius 2 is 2.32 bits per heavy atom. The summed E-state index contributed by atoms with van der Waals surface area (Å²) in [5, 5.41) is 6.23. The van der Waals surface area contributed by atoms with Crippen molar-refractivity contribution in [3.05, 3.63) is 16.6 Å². The number of amides is 2. The Morgan fingerprint density at radius 1 is 1.53 bits per heavy atom. The van der Waals surface area contributed by atoms with Crippen molar-refractivity contribution in [1.82, 2.24) is 15.2 Å². The lowest BCUT2D eigenvalue weighted by molar-refractivity contribution is -0.139. The molecule has 1 aromatic rings. The quantitative estimate of drug-likeness (QED) is 0.821. The highest BCUT2D eigenvalue weighted by Gasteiger charge is 2.45. The van der Waals surface area contributed by atoms with E-state index in [1.807, 2.05) is 5.38 Å². The van der Waals surface area contributed by atoms with E-state index in [2.05, 4.69) is 17.2 Å². The summed E-state index contributed by atoms with van der Waals surface area (Å²) in [4.78, 5) is 29.7. The van der Waals surface area contributed by atoms with E-state index >= 15 is 0 Å². The number of imide groups is 1. The molecular weight excluding hydrogens is 262 g/mol. The van der Waals surface area contributed by atoms with Gasteiger partial charge in [-0.3, -0.25) is 14.5 Å². The normalized spacial score (nSPS) is 25.1. The highest BCUT2D eigenvalue weighted by atomic mass is 32.1. The Labute approximate surface area is 116 Å². The minimum absolute atomic E-state index is 0.0214. The Morgan fingerprint density at radius 3 is 2.95 bits per heavy atom. The number of aromatic nitrogens is 1. The first kappa shape index (κ1) is 12.7. The zero-order chi connectivity index (χ0) is 13.4. The molecule has 1 aromatic heterocycles. The summed E-state index contributed by atoms with van der Waals surface area (Å²) in [6.45, 7) is 2.75. The summed E-state index contributed by atoms with van der Waals surface area (Å²) in [5.74, 6) is 0.198. The van der Waals surface area contributed by atoms with Crippen molar-refractivity contribution < 1.29 is 9.59 Å². The molecule has 2 fully saturated rings. The zero-order valence-corrected chi connectivity index (χ0v) is 11.7. The number of hydrogen-bond donors (Lipinski definition) is 1. The van der Waals surface area contributed by atoms with Gasteiger partial charge in [-0.25, -0.2) is 4.98 Å². The maximum Gasteiger partial charge on any atom is 0.247 e. The minimum atomic E-state index is -0.337. The van der Waals surface area contributed by atoms with Gasteiger partial charge in [0.25, 0.3) is 0 Å². The average molecular weight is 279 g/mol. The van der Waals surface area contributed by atoms with Crippen molar-refractivity contribution in [2.75, 3.05) is 6.54 Å². The Bertz CT molecular complexity index is 484. The van der Waals surface area contributed by atoms with Crippen LogP contribution in [-0.4, -0.2) is 40.3 Å². The fourth-order valence-electron chi connectivity index (χ4n) is 2.41. The number of nitrogens with zero attached hydrogens (tertiary/aromatic N) is 2. The van der Waals surface area contributed by atoms with Gasteiger partial charge < -0.3 is 5.32 Å². The van der Waals surface area contributed by atoms with Crippen LogP contribution < -0.4 is 5.32 Å². The van der Waals surface area contributed by atoms with Crippen LogP contribution >= 0.6 is 11.3 Å². The topological polar surface area (TPSA) is 62.3 Å². The Hall–Kier alpha value is -1.27. The van der Waals surface area contributed by atoms with E-state index in [4.69, 9.17) is 0 Å². The second-order valence-electron chi connectivity index (χ2n) is 5.27. The molecule has 0 spiro atoms. The van der Waals surface area contributed by atoms with Crippen LogP contribution in [-0.2, 0) is 9.59 Å². The molecule has 1 N–H and O–H groups in total. The molecular formula is C13H17N3O2S. The lowest BCUT2D eigenvalue weighted by Crippen LogP contribution is -2.40. The van der Waals surface area contributed by atoms with Crippen LogP contribution in [0.25, 0.3) is 0 Å². The molecule has 5 nitrogen and oxygen atoms in total. The highest BCUT2D eigenvalue weighted by Crippen LogP contribution is 2.31. The largest absolute Gasteiger partial charge is 0.305 e. The molecule has 0 bridgehead atoms. The van der Waals surface area contributed by atoms with Crippen molar-refractivity contribution >= 4 is 23.2 Å². The smallest absolute Gasteiger partial charge is 0.247 e.